The van der Waals surface area contributed by atoms with Gasteiger partial charge in [-0.15, -0.1) is 0 Å². The first kappa shape index (κ1) is 22.6. The van der Waals surface area contributed by atoms with E-state index in [0.29, 0.717) is 5.02 Å². The fraction of sp³-hybridized carbons (Fsp3) is 0.172. The molecule has 1 unspecified atom stereocenters. The lowest BCUT2D eigenvalue weighted by atomic mass is 9.97. The molecule has 0 radical (unpaired) electrons. The highest BCUT2D eigenvalue weighted by Gasteiger charge is 2.40. The number of amides is 2. The van der Waals surface area contributed by atoms with E-state index in [-0.39, 0.29) is 24.1 Å². The molecule has 1 aliphatic heterocycles. The van der Waals surface area contributed by atoms with E-state index in [0.717, 1.165) is 35.5 Å². The van der Waals surface area contributed by atoms with Gasteiger partial charge in [0.25, 0.3) is 5.91 Å². The quantitative estimate of drug-likeness (QED) is 0.337. The van der Waals surface area contributed by atoms with E-state index in [1.54, 1.807) is 17.0 Å². The van der Waals surface area contributed by atoms with Gasteiger partial charge < -0.3 is 9.47 Å². The van der Waals surface area contributed by atoms with Gasteiger partial charge in [-0.05, 0) is 66.9 Å². The van der Waals surface area contributed by atoms with Crippen molar-refractivity contribution in [2.45, 2.75) is 24.9 Å². The van der Waals surface area contributed by atoms with Crippen LogP contribution in [0.3, 0.4) is 0 Å². The number of carbonyl (C=O) groups excluding carboxylic acids is 2. The molecule has 180 valence electrons. The third kappa shape index (κ3) is 3.88. The van der Waals surface area contributed by atoms with Crippen molar-refractivity contribution in [1.82, 2.24) is 9.47 Å². The number of benzene rings is 3. The molecule has 1 fully saturated rings. The maximum Gasteiger partial charge on any atom is 0.257 e. The number of hydrogen-bond donors (Lipinski definition) is 0. The highest BCUT2D eigenvalue weighted by Crippen LogP contribution is 2.42. The first-order valence-electron chi connectivity index (χ1n) is 11.9. The molecule has 6 rings (SSSR count). The number of rotatable bonds is 5. The molecule has 4 aromatic rings. The van der Waals surface area contributed by atoms with E-state index in [1.165, 1.54) is 17.0 Å². The van der Waals surface area contributed by atoms with E-state index in [9.17, 15) is 14.0 Å². The molecule has 0 N–H and O–H groups in total. The number of carbonyl (C=O) groups is 2. The summed E-state index contributed by atoms with van der Waals surface area (Å²) in [6.45, 7) is -0.142. The summed E-state index contributed by atoms with van der Waals surface area (Å²) >= 11 is 6.17. The van der Waals surface area contributed by atoms with Crippen LogP contribution in [0.25, 0.3) is 5.69 Å². The van der Waals surface area contributed by atoms with Crippen LogP contribution in [0.4, 0.5) is 10.1 Å². The van der Waals surface area contributed by atoms with E-state index in [2.05, 4.69) is 4.57 Å². The molecule has 1 aromatic heterocycles. The average molecular weight is 500 g/mol. The minimum absolute atomic E-state index is 0.0145. The van der Waals surface area contributed by atoms with E-state index >= 15 is 0 Å². The van der Waals surface area contributed by atoms with Crippen LogP contribution in [0.15, 0.2) is 91.1 Å². The minimum atomic E-state index is -0.583. The SMILES string of the molecule is O=C(c1ccccc1F)N(CC(=O)N1c2ccccc2-n2cccc2C1c1ccc(Cl)cc1)C1CC1. The van der Waals surface area contributed by atoms with Gasteiger partial charge in [-0.1, -0.05) is 48.0 Å². The number of halogens is 2. The van der Waals surface area contributed by atoms with Crippen molar-refractivity contribution >= 4 is 29.1 Å². The van der Waals surface area contributed by atoms with Crippen LogP contribution in [0, 0.1) is 5.82 Å². The molecule has 7 heteroatoms. The van der Waals surface area contributed by atoms with Crippen LogP contribution in [-0.2, 0) is 4.79 Å². The summed E-state index contributed by atoms with van der Waals surface area (Å²) in [4.78, 5) is 30.7. The Morgan fingerprint density at radius 1 is 0.889 bits per heavy atom. The second kappa shape index (κ2) is 8.95. The lowest BCUT2D eigenvalue weighted by molar-refractivity contribution is -0.119. The Morgan fingerprint density at radius 2 is 1.58 bits per heavy atom. The van der Waals surface area contributed by atoms with Crippen molar-refractivity contribution in [3.8, 4) is 5.69 Å². The number of fused-ring (bicyclic) bond motifs is 3. The Morgan fingerprint density at radius 3 is 2.31 bits per heavy atom. The van der Waals surface area contributed by atoms with E-state index in [1.807, 2.05) is 66.9 Å². The number of hydrogen-bond acceptors (Lipinski definition) is 2. The van der Waals surface area contributed by atoms with Crippen molar-refractivity contribution in [3.05, 3.63) is 119 Å². The monoisotopic (exact) mass is 499 g/mol. The largest absolute Gasteiger partial charge is 0.326 e. The van der Waals surface area contributed by atoms with Crippen molar-refractivity contribution in [1.29, 1.82) is 0 Å². The van der Waals surface area contributed by atoms with Crippen LogP contribution in [0.2, 0.25) is 5.02 Å². The zero-order valence-electron chi connectivity index (χ0n) is 19.4. The summed E-state index contributed by atoms with van der Waals surface area (Å²) in [6, 6.07) is 24.6. The Balaban J connectivity index is 1.42. The van der Waals surface area contributed by atoms with Crippen LogP contribution in [-0.4, -0.2) is 33.9 Å². The molecule has 36 heavy (non-hydrogen) atoms. The maximum atomic E-state index is 14.5. The molecule has 1 saturated carbocycles. The van der Waals surface area contributed by atoms with E-state index in [4.69, 9.17) is 11.6 Å². The average Bonchev–Trinajstić information content (AvgIpc) is 3.62. The lowest BCUT2D eigenvalue weighted by Crippen LogP contribution is -2.47. The molecular weight excluding hydrogens is 477 g/mol. The van der Waals surface area contributed by atoms with Gasteiger partial charge in [0.2, 0.25) is 5.91 Å². The van der Waals surface area contributed by atoms with Gasteiger partial charge in [-0.3, -0.25) is 14.5 Å². The Kier molecular flexibility index (Phi) is 5.61. The fourth-order valence-corrected chi connectivity index (χ4v) is 5.11. The summed E-state index contributed by atoms with van der Waals surface area (Å²) in [5.41, 5.74) is 3.46. The van der Waals surface area contributed by atoms with Gasteiger partial charge in [0.05, 0.1) is 22.6 Å². The Labute approximate surface area is 213 Å². The molecule has 2 heterocycles. The normalized spacial score (nSPS) is 16.3. The van der Waals surface area contributed by atoms with Crippen LogP contribution < -0.4 is 4.90 Å². The van der Waals surface area contributed by atoms with Crippen molar-refractivity contribution < 1.29 is 14.0 Å². The van der Waals surface area contributed by atoms with Gasteiger partial charge in [-0.2, -0.15) is 0 Å². The van der Waals surface area contributed by atoms with Crippen molar-refractivity contribution in [2.75, 3.05) is 11.4 Å². The number of aromatic nitrogens is 1. The van der Waals surface area contributed by atoms with Crippen LogP contribution in [0.5, 0.6) is 0 Å². The van der Waals surface area contributed by atoms with Crippen molar-refractivity contribution in [3.63, 3.8) is 0 Å². The topological polar surface area (TPSA) is 45.6 Å². The molecule has 3 aromatic carbocycles. The predicted molar refractivity (Wildman–Crippen MR) is 137 cm³/mol. The molecule has 1 atom stereocenters. The Hall–Kier alpha value is -3.90. The maximum absolute atomic E-state index is 14.5. The minimum Gasteiger partial charge on any atom is -0.326 e. The summed E-state index contributed by atoms with van der Waals surface area (Å²) in [5, 5.41) is 0.610. The third-order valence-electron chi connectivity index (χ3n) is 6.83. The summed E-state index contributed by atoms with van der Waals surface area (Å²) in [5.74, 6) is -1.27. The fourth-order valence-electron chi connectivity index (χ4n) is 4.99. The van der Waals surface area contributed by atoms with Crippen molar-refractivity contribution in [2.24, 2.45) is 0 Å². The third-order valence-corrected chi connectivity index (χ3v) is 7.08. The molecule has 5 nitrogen and oxygen atoms in total. The first-order valence-corrected chi connectivity index (χ1v) is 12.3. The highest BCUT2D eigenvalue weighted by atomic mass is 35.5. The molecule has 1 aliphatic carbocycles. The van der Waals surface area contributed by atoms with Gasteiger partial charge in [0.1, 0.15) is 18.4 Å². The van der Waals surface area contributed by atoms with Gasteiger partial charge in [0.15, 0.2) is 0 Å². The van der Waals surface area contributed by atoms with E-state index < -0.39 is 17.8 Å². The summed E-state index contributed by atoms with van der Waals surface area (Å²) < 4.78 is 16.5. The van der Waals surface area contributed by atoms with Gasteiger partial charge in [0, 0.05) is 17.3 Å². The zero-order valence-corrected chi connectivity index (χ0v) is 20.1. The molecule has 2 amide bonds. The number of para-hydroxylation sites is 2. The number of nitrogens with zero attached hydrogens (tertiary/aromatic N) is 3. The van der Waals surface area contributed by atoms with Gasteiger partial charge >= 0.3 is 0 Å². The zero-order chi connectivity index (χ0) is 24.8. The molecule has 0 bridgehead atoms. The first-order chi connectivity index (χ1) is 17.5. The predicted octanol–water partition coefficient (Wildman–Crippen LogP) is 6.01. The van der Waals surface area contributed by atoms with Crippen LogP contribution in [0.1, 0.15) is 40.5 Å². The number of anilines is 1. The second-order valence-electron chi connectivity index (χ2n) is 9.15. The molecule has 2 aliphatic rings. The lowest BCUT2D eigenvalue weighted by Gasteiger charge is -2.39. The smallest absolute Gasteiger partial charge is 0.257 e. The standard InChI is InChI=1S/C29H23ClFN3O2/c30-20-13-11-19(12-14-20)28-26-10-5-17-32(26)24-8-3-4-9-25(24)34(28)27(35)18-33(21-15-16-21)29(36)22-6-1-2-7-23(22)31/h1-14,17,21,28H,15-16,18H2. The Bertz CT molecular complexity index is 1460. The summed E-state index contributed by atoms with van der Waals surface area (Å²) in [7, 11) is 0. The molecule has 0 spiro atoms. The summed E-state index contributed by atoms with van der Waals surface area (Å²) in [6.07, 6.45) is 3.58. The second-order valence-corrected chi connectivity index (χ2v) is 9.59. The van der Waals surface area contributed by atoms with Gasteiger partial charge in [-0.25, -0.2) is 4.39 Å². The molecular formula is C29H23ClFN3O2. The van der Waals surface area contributed by atoms with Crippen LogP contribution >= 0.6 is 11.6 Å². The molecule has 0 saturated heterocycles. The highest BCUT2D eigenvalue weighted by molar-refractivity contribution is 6.30.